The highest BCUT2D eigenvalue weighted by Gasteiger charge is 2.29. The van der Waals surface area contributed by atoms with E-state index in [0.29, 0.717) is 5.75 Å². The second-order valence-electron chi connectivity index (χ2n) is 4.56. The van der Waals surface area contributed by atoms with Crippen LogP contribution in [0.25, 0.3) is 0 Å². The van der Waals surface area contributed by atoms with E-state index < -0.39 is 16.1 Å². The van der Waals surface area contributed by atoms with Crippen molar-refractivity contribution in [1.82, 2.24) is 9.71 Å². The summed E-state index contributed by atoms with van der Waals surface area (Å²) in [7, 11) is -3.76. The summed E-state index contributed by atoms with van der Waals surface area (Å²) in [6, 6.07) is 8.11. The fraction of sp³-hybridized carbons (Fsp3) is 0.154. The number of sulfonamides is 1. The van der Waals surface area contributed by atoms with E-state index in [1.54, 1.807) is 6.07 Å². The maximum Gasteiger partial charge on any atom is 0.242 e. The number of ether oxygens (including phenoxy) is 1. The SMILES string of the molecule is Nc1ncc(S(=O)(=O)NC2COc3ccccc32)cc1Cl. The van der Waals surface area contributed by atoms with Gasteiger partial charge >= 0.3 is 0 Å². The van der Waals surface area contributed by atoms with Gasteiger partial charge in [0.1, 0.15) is 23.1 Å². The monoisotopic (exact) mass is 325 g/mol. The summed E-state index contributed by atoms with van der Waals surface area (Å²) in [5, 5.41) is 0.0981. The van der Waals surface area contributed by atoms with Crippen molar-refractivity contribution >= 4 is 27.4 Å². The number of para-hydroxylation sites is 1. The first-order valence-corrected chi connectivity index (χ1v) is 7.98. The van der Waals surface area contributed by atoms with E-state index in [0.717, 1.165) is 5.56 Å². The molecule has 0 radical (unpaired) electrons. The lowest BCUT2D eigenvalue weighted by Crippen LogP contribution is -2.29. The highest BCUT2D eigenvalue weighted by molar-refractivity contribution is 7.89. The van der Waals surface area contributed by atoms with Crippen LogP contribution >= 0.6 is 11.6 Å². The van der Waals surface area contributed by atoms with Crippen molar-refractivity contribution in [3.05, 3.63) is 47.1 Å². The molecule has 0 spiro atoms. The molecule has 6 nitrogen and oxygen atoms in total. The molecule has 1 unspecified atom stereocenters. The van der Waals surface area contributed by atoms with Gasteiger partial charge in [-0.25, -0.2) is 18.1 Å². The van der Waals surface area contributed by atoms with Gasteiger partial charge in [-0.05, 0) is 12.1 Å². The van der Waals surface area contributed by atoms with Crippen molar-refractivity contribution in [1.29, 1.82) is 0 Å². The van der Waals surface area contributed by atoms with Crippen LogP contribution in [0.2, 0.25) is 5.02 Å². The number of hydrogen-bond acceptors (Lipinski definition) is 5. The maximum absolute atomic E-state index is 12.4. The largest absolute Gasteiger partial charge is 0.491 e. The van der Waals surface area contributed by atoms with Crippen molar-refractivity contribution in [3.63, 3.8) is 0 Å². The average molecular weight is 326 g/mol. The Bertz CT molecular complexity index is 795. The van der Waals surface area contributed by atoms with E-state index >= 15 is 0 Å². The van der Waals surface area contributed by atoms with Crippen LogP contribution in [-0.4, -0.2) is 20.0 Å². The van der Waals surface area contributed by atoms with Crippen molar-refractivity contribution in [3.8, 4) is 5.75 Å². The molecule has 1 aliphatic heterocycles. The van der Waals surface area contributed by atoms with Crippen LogP contribution in [0.3, 0.4) is 0 Å². The Morgan fingerprint density at radius 1 is 1.38 bits per heavy atom. The molecule has 110 valence electrons. The Kier molecular flexibility index (Phi) is 3.48. The number of benzene rings is 1. The summed E-state index contributed by atoms with van der Waals surface area (Å²) < 4.78 is 32.7. The van der Waals surface area contributed by atoms with Crippen LogP contribution in [0.5, 0.6) is 5.75 Å². The molecule has 0 aliphatic carbocycles. The number of pyridine rings is 1. The van der Waals surface area contributed by atoms with Crippen LogP contribution in [0.1, 0.15) is 11.6 Å². The van der Waals surface area contributed by atoms with Gasteiger partial charge in [0, 0.05) is 11.8 Å². The van der Waals surface area contributed by atoms with Gasteiger partial charge in [-0.2, -0.15) is 0 Å². The van der Waals surface area contributed by atoms with Crippen LogP contribution < -0.4 is 15.2 Å². The second kappa shape index (κ2) is 5.18. The van der Waals surface area contributed by atoms with E-state index in [9.17, 15) is 8.42 Å². The summed E-state index contributed by atoms with van der Waals surface area (Å²) in [6.45, 7) is 0.245. The van der Waals surface area contributed by atoms with Crippen LogP contribution in [0.15, 0.2) is 41.4 Å². The van der Waals surface area contributed by atoms with Gasteiger partial charge in [0.25, 0.3) is 0 Å². The van der Waals surface area contributed by atoms with Gasteiger partial charge in [0.2, 0.25) is 10.0 Å². The lowest BCUT2D eigenvalue weighted by Gasteiger charge is -2.12. The Balaban J connectivity index is 1.89. The molecule has 21 heavy (non-hydrogen) atoms. The third-order valence-corrected chi connectivity index (χ3v) is 4.89. The van der Waals surface area contributed by atoms with Gasteiger partial charge in [0.05, 0.1) is 11.1 Å². The number of nitrogens with one attached hydrogen (secondary N) is 1. The predicted octanol–water partition coefficient (Wildman–Crippen LogP) is 1.73. The minimum absolute atomic E-state index is 0.0360. The number of fused-ring (bicyclic) bond motifs is 1. The highest BCUT2D eigenvalue weighted by atomic mass is 35.5. The number of anilines is 1. The number of aromatic nitrogens is 1. The summed E-state index contributed by atoms with van der Waals surface area (Å²) >= 11 is 5.81. The number of rotatable bonds is 3. The van der Waals surface area contributed by atoms with Crippen molar-refractivity contribution in [2.45, 2.75) is 10.9 Å². The highest BCUT2D eigenvalue weighted by Crippen LogP contribution is 2.32. The molecular weight excluding hydrogens is 314 g/mol. The zero-order valence-electron chi connectivity index (χ0n) is 10.8. The van der Waals surface area contributed by atoms with Gasteiger partial charge < -0.3 is 10.5 Å². The summed E-state index contributed by atoms with van der Waals surface area (Å²) in [5.74, 6) is 0.767. The zero-order chi connectivity index (χ0) is 15.0. The standard InChI is InChI=1S/C13H12ClN3O3S/c14-10-5-8(6-16-13(10)15)21(18,19)17-11-7-20-12-4-2-1-3-9(11)12/h1-6,11,17H,7H2,(H2,15,16). The van der Waals surface area contributed by atoms with E-state index in [2.05, 4.69) is 9.71 Å². The fourth-order valence-electron chi connectivity index (χ4n) is 2.09. The third kappa shape index (κ3) is 2.67. The maximum atomic E-state index is 12.4. The molecular formula is C13H12ClN3O3S. The Morgan fingerprint density at radius 3 is 2.90 bits per heavy atom. The smallest absolute Gasteiger partial charge is 0.242 e. The first-order valence-electron chi connectivity index (χ1n) is 6.12. The first-order chi connectivity index (χ1) is 9.97. The molecule has 1 aliphatic rings. The Labute approximate surface area is 126 Å². The molecule has 0 saturated heterocycles. The molecule has 2 heterocycles. The second-order valence-corrected chi connectivity index (χ2v) is 6.68. The number of nitrogens with two attached hydrogens (primary N) is 1. The van der Waals surface area contributed by atoms with E-state index in [-0.39, 0.29) is 22.3 Å². The minimum atomic E-state index is -3.76. The van der Waals surface area contributed by atoms with Crippen molar-refractivity contribution < 1.29 is 13.2 Å². The molecule has 0 bridgehead atoms. The van der Waals surface area contributed by atoms with E-state index in [1.165, 1.54) is 12.3 Å². The van der Waals surface area contributed by atoms with Crippen molar-refractivity contribution in [2.24, 2.45) is 0 Å². The van der Waals surface area contributed by atoms with Crippen LogP contribution in [0.4, 0.5) is 5.82 Å². The number of nitrogens with zero attached hydrogens (tertiary/aromatic N) is 1. The first kappa shape index (κ1) is 14.1. The molecule has 0 fully saturated rings. The average Bonchev–Trinajstić information content (AvgIpc) is 2.85. The van der Waals surface area contributed by atoms with Gasteiger partial charge in [-0.1, -0.05) is 29.8 Å². The van der Waals surface area contributed by atoms with Gasteiger partial charge in [0.15, 0.2) is 0 Å². The number of halogens is 1. The fourth-order valence-corrected chi connectivity index (χ4v) is 3.49. The topological polar surface area (TPSA) is 94.3 Å². The Hall–Kier alpha value is -1.83. The lowest BCUT2D eigenvalue weighted by molar-refractivity contribution is 0.325. The van der Waals surface area contributed by atoms with Gasteiger partial charge in [-0.3, -0.25) is 0 Å². The van der Waals surface area contributed by atoms with E-state index in [1.807, 2.05) is 18.2 Å². The molecule has 0 amide bonds. The summed E-state index contributed by atoms with van der Waals surface area (Å²) in [5.41, 5.74) is 6.28. The molecule has 1 aromatic carbocycles. The minimum Gasteiger partial charge on any atom is -0.491 e. The summed E-state index contributed by atoms with van der Waals surface area (Å²) in [4.78, 5) is 3.72. The number of nitrogen functional groups attached to an aromatic ring is 1. The summed E-state index contributed by atoms with van der Waals surface area (Å²) in [6.07, 6.45) is 1.17. The molecule has 1 aromatic heterocycles. The number of hydrogen-bond donors (Lipinski definition) is 2. The molecule has 0 saturated carbocycles. The van der Waals surface area contributed by atoms with Crippen molar-refractivity contribution in [2.75, 3.05) is 12.3 Å². The quantitative estimate of drug-likeness (QED) is 0.896. The molecule has 2 aromatic rings. The normalized spacial score (nSPS) is 17.3. The molecule has 1 atom stereocenters. The predicted molar refractivity (Wildman–Crippen MR) is 78.7 cm³/mol. The van der Waals surface area contributed by atoms with Crippen LogP contribution in [0, 0.1) is 0 Å². The van der Waals surface area contributed by atoms with Crippen LogP contribution in [-0.2, 0) is 10.0 Å². The Morgan fingerprint density at radius 2 is 2.14 bits per heavy atom. The lowest BCUT2D eigenvalue weighted by atomic mass is 10.1. The third-order valence-electron chi connectivity index (χ3n) is 3.15. The molecule has 8 heteroatoms. The van der Waals surface area contributed by atoms with Gasteiger partial charge in [-0.15, -0.1) is 0 Å². The molecule has 3 N–H and O–H groups in total. The van der Waals surface area contributed by atoms with E-state index in [4.69, 9.17) is 22.1 Å². The molecule has 3 rings (SSSR count). The zero-order valence-corrected chi connectivity index (χ0v) is 12.4.